The maximum Gasteiger partial charge on any atom is 0.213 e. The molecule has 1 aromatic carbocycles. The zero-order chi connectivity index (χ0) is 15.0. The van der Waals surface area contributed by atoms with Crippen LogP contribution in [-0.2, 0) is 0 Å². The Morgan fingerprint density at radius 3 is 2.76 bits per heavy atom. The topological polar surface area (TPSA) is 72.4 Å². The van der Waals surface area contributed by atoms with Gasteiger partial charge in [-0.1, -0.05) is 11.3 Å². The number of aryl methyl sites for hydroxylation is 1. The Morgan fingerprint density at radius 2 is 2.10 bits per heavy atom. The second-order valence-corrected chi connectivity index (χ2v) is 5.46. The molecule has 0 fully saturated rings. The molecule has 3 aromatic rings. The second-order valence-electron chi connectivity index (χ2n) is 4.30. The van der Waals surface area contributed by atoms with Gasteiger partial charge < -0.3 is 9.47 Å². The van der Waals surface area contributed by atoms with E-state index in [-0.39, 0.29) is 0 Å². The molecule has 0 amide bonds. The van der Waals surface area contributed by atoms with Crippen LogP contribution in [0.4, 0.5) is 0 Å². The highest BCUT2D eigenvalue weighted by molar-refractivity contribution is 7.16. The summed E-state index contributed by atoms with van der Waals surface area (Å²) < 4.78 is 12.1. The summed E-state index contributed by atoms with van der Waals surface area (Å²) in [5, 5.41) is 14.6. The van der Waals surface area contributed by atoms with E-state index in [2.05, 4.69) is 16.2 Å². The van der Waals surface area contributed by atoms with Crippen molar-refractivity contribution in [3.05, 3.63) is 28.9 Å². The third-order valence-corrected chi connectivity index (χ3v) is 3.90. The Morgan fingerprint density at radius 1 is 1.29 bits per heavy atom. The molecule has 0 N–H and O–H groups in total. The first-order valence-electron chi connectivity index (χ1n) is 6.16. The third-order valence-electron chi connectivity index (χ3n) is 3.07. The zero-order valence-electron chi connectivity index (χ0n) is 11.7. The number of hydrogen-bond donors (Lipinski definition) is 0. The van der Waals surface area contributed by atoms with E-state index in [0.717, 1.165) is 10.6 Å². The summed E-state index contributed by atoms with van der Waals surface area (Å²) in [4.78, 5) is 5.21. The molecule has 0 bridgehead atoms. The van der Waals surface area contributed by atoms with Gasteiger partial charge in [0, 0.05) is 11.6 Å². The first-order chi connectivity index (χ1) is 10.2. The minimum Gasteiger partial charge on any atom is -0.497 e. The van der Waals surface area contributed by atoms with Gasteiger partial charge in [0.15, 0.2) is 5.69 Å². The number of benzene rings is 1. The van der Waals surface area contributed by atoms with E-state index < -0.39 is 0 Å². The van der Waals surface area contributed by atoms with Crippen molar-refractivity contribution in [3.8, 4) is 28.8 Å². The summed E-state index contributed by atoms with van der Waals surface area (Å²) in [6.07, 6.45) is 0. The number of hydrogen-bond acceptors (Lipinski definition) is 6. The van der Waals surface area contributed by atoms with Crippen molar-refractivity contribution in [1.82, 2.24) is 14.6 Å². The van der Waals surface area contributed by atoms with E-state index in [1.807, 2.05) is 19.1 Å². The molecule has 3 rings (SSSR count). The molecule has 0 aliphatic heterocycles. The fraction of sp³-hybridized carbons (Fsp3) is 0.214. The van der Waals surface area contributed by atoms with Crippen molar-refractivity contribution in [3.63, 3.8) is 0 Å². The summed E-state index contributed by atoms with van der Waals surface area (Å²) in [6.45, 7) is 1.88. The van der Waals surface area contributed by atoms with Crippen LogP contribution in [-0.4, -0.2) is 28.8 Å². The van der Waals surface area contributed by atoms with E-state index in [9.17, 15) is 5.26 Å². The van der Waals surface area contributed by atoms with Gasteiger partial charge in [-0.05, 0) is 19.1 Å². The zero-order valence-corrected chi connectivity index (χ0v) is 12.6. The van der Waals surface area contributed by atoms with Crippen LogP contribution in [0.5, 0.6) is 11.5 Å². The summed E-state index contributed by atoms with van der Waals surface area (Å²) in [7, 11) is 3.17. The number of ether oxygens (including phenoxy) is 2. The fourth-order valence-electron chi connectivity index (χ4n) is 2.13. The predicted molar refractivity (Wildman–Crippen MR) is 78.9 cm³/mol. The van der Waals surface area contributed by atoms with Gasteiger partial charge in [-0.3, -0.25) is 0 Å². The Kier molecular flexibility index (Phi) is 3.23. The normalized spacial score (nSPS) is 10.6. The van der Waals surface area contributed by atoms with Gasteiger partial charge in [-0.25, -0.2) is 4.98 Å². The molecule has 0 unspecified atom stereocenters. The molecule has 106 valence electrons. The first kappa shape index (κ1) is 13.4. The maximum atomic E-state index is 9.43. The molecule has 7 heteroatoms. The fourth-order valence-corrected chi connectivity index (χ4v) is 2.87. The van der Waals surface area contributed by atoms with Crippen LogP contribution in [0.3, 0.4) is 0 Å². The Labute approximate surface area is 125 Å². The molecular weight excluding hydrogens is 288 g/mol. The third kappa shape index (κ3) is 2.10. The largest absolute Gasteiger partial charge is 0.497 e. The lowest BCUT2D eigenvalue weighted by atomic mass is 10.1. The van der Waals surface area contributed by atoms with Gasteiger partial charge in [0.2, 0.25) is 4.96 Å². The van der Waals surface area contributed by atoms with E-state index in [1.54, 1.807) is 24.8 Å². The number of fused-ring (bicyclic) bond motifs is 1. The lowest BCUT2D eigenvalue weighted by molar-refractivity contribution is 0.395. The maximum absolute atomic E-state index is 9.43. The minimum atomic E-state index is 0.401. The van der Waals surface area contributed by atoms with Gasteiger partial charge in [0.25, 0.3) is 0 Å². The van der Waals surface area contributed by atoms with Crippen molar-refractivity contribution in [2.24, 2.45) is 0 Å². The molecule has 0 atom stereocenters. The van der Waals surface area contributed by atoms with Crippen LogP contribution in [0, 0.1) is 18.3 Å². The van der Waals surface area contributed by atoms with Gasteiger partial charge in [0.1, 0.15) is 28.3 Å². The molecule has 0 radical (unpaired) electrons. The molecule has 6 nitrogen and oxygen atoms in total. The summed E-state index contributed by atoms with van der Waals surface area (Å²) in [5.74, 6) is 1.29. The van der Waals surface area contributed by atoms with Crippen LogP contribution < -0.4 is 9.47 Å². The molecule has 21 heavy (non-hydrogen) atoms. The Hall–Kier alpha value is -2.59. The summed E-state index contributed by atoms with van der Waals surface area (Å²) in [5.41, 5.74) is 1.71. The molecule has 0 spiro atoms. The molecule has 0 saturated carbocycles. The molecule has 2 heterocycles. The number of methoxy groups -OCH3 is 2. The van der Waals surface area contributed by atoms with Crippen LogP contribution in [0.15, 0.2) is 18.2 Å². The Bertz CT molecular complexity index is 860. The van der Waals surface area contributed by atoms with Crippen molar-refractivity contribution in [2.75, 3.05) is 14.2 Å². The number of rotatable bonds is 3. The molecule has 0 saturated heterocycles. The molecule has 0 aliphatic rings. The van der Waals surface area contributed by atoms with Crippen molar-refractivity contribution in [1.29, 1.82) is 5.26 Å². The number of nitrogens with zero attached hydrogens (tertiary/aromatic N) is 4. The van der Waals surface area contributed by atoms with Crippen LogP contribution in [0.1, 0.15) is 10.7 Å². The quantitative estimate of drug-likeness (QED) is 0.743. The van der Waals surface area contributed by atoms with Gasteiger partial charge in [-0.15, -0.1) is 0 Å². The lowest BCUT2D eigenvalue weighted by Gasteiger charge is -2.08. The highest BCUT2D eigenvalue weighted by atomic mass is 32.1. The predicted octanol–water partition coefficient (Wildman–Crippen LogP) is 2.66. The highest BCUT2D eigenvalue weighted by Gasteiger charge is 2.20. The van der Waals surface area contributed by atoms with E-state index >= 15 is 0 Å². The van der Waals surface area contributed by atoms with Crippen molar-refractivity contribution < 1.29 is 9.47 Å². The van der Waals surface area contributed by atoms with E-state index in [1.165, 1.54) is 11.3 Å². The monoisotopic (exact) mass is 300 g/mol. The first-order valence-corrected chi connectivity index (χ1v) is 6.98. The average Bonchev–Trinajstić information content (AvgIpc) is 3.01. The molecule has 0 aliphatic carbocycles. The van der Waals surface area contributed by atoms with Crippen LogP contribution >= 0.6 is 11.3 Å². The SMILES string of the molecule is COc1ccc(-c2nc3sc(C)nn3c2C#N)c(OC)c1. The van der Waals surface area contributed by atoms with Gasteiger partial charge in [0.05, 0.1) is 14.2 Å². The molecule has 2 aromatic heterocycles. The van der Waals surface area contributed by atoms with Crippen molar-refractivity contribution in [2.45, 2.75) is 6.92 Å². The second kappa shape index (κ2) is 5.07. The number of imidazole rings is 1. The minimum absolute atomic E-state index is 0.401. The smallest absolute Gasteiger partial charge is 0.213 e. The standard InChI is InChI=1S/C14H12N4O2S/c1-8-17-18-11(7-15)13(16-14(18)21-8)10-5-4-9(19-2)6-12(10)20-3/h4-6H,1-3H3. The van der Waals surface area contributed by atoms with Crippen LogP contribution in [0.2, 0.25) is 0 Å². The molecular formula is C14H12N4O2S. The summed E-state index contributed by atoms with van der Waals surface area (Å²) >= 11 is 1.44. The highest BCUT2D eigenvalue weighted by Crippen LogP contribution is 2.35. The summed E-state index contributed by atoms with van der Waals surface area (Å²) in [6, 6.07) is 7.58. The number of aromatic nitrogens is 3. The van der Waals surface area contributed by atoms with E-state index in [0.29, 0.717) is 27.8 Å². The van der Waals surface area contributed by atoms with Crippen molar-refractivity contribution >= 4 is 16.3 Å². The van der Waals surface area contributed by atoms with E-state index in [4.69, 9.17) is 9.47 Å². The number of nitriles is 1. The van der Waals surface area contributed by atoms with Gasteiger partial charge >= 0.3 is 0 Å². The Balaban J connectivity index is 2.25. The lowest BCUT2D eigenvalue weighted by Crippen LogP contribution is -1.94. The average molecular weight is 300 g/mol. The van der Waals surface area contributed by atoms with Crippen LogP contribution in [0.25, 0.3) is 16.2 Å². The van der Waals surface area contributed by atoms with Gasteiger partial charge in [-0.2, -0.15) is 14.9 Å².